The number of carbonyl (C=O) groups excluding carboxylic acids is 2. The normalized spacial score (nSPS) is 16.1. The van der Waals surface area contributed by atoms with Crippen molar-refractivity contribution in [2.75, 3.05) is 11.9 Å². The van der Waals surface area contributed by atoms with Crippen LogP contribution in [0.25, 0.3) is 0 Å². The number of hydrogen-bond acceptors (Lipinski definition) is 4. The zero-order chi connectivity index (χ0) is 20.1. The number of para-hydroxylation sites is 1. The van der Waals surface area contributed by atoms with E-state index in [4.69, 9.17) is 4.84 Å². The summed E-state index contributed by atoms with van der Waals surface area (Å²) >= 11 is 0. The Morgan fingerprint density at radius 2 is 1.71 bits per heavy atom. The fourth-order valence-electron chi connectivity index (χ4n) is 2.62. The van der Waals surface area contributed by atoms with E-state index >= 15 is 0 Å². The summed E-state index contributed by atoms with van der Waals surface area (Å²) in [7, 11) is 0. The lowest BCUT2D eigenvalue weighted by molar-refractivity contribution is -0.123. The van der Waals surface area contributed by atoms with E-state index < -0.39 is 30.6 Å². The quantitative estimate of drug-likeness (QED) is 0.820. The van der Waals surface area contributed by atoms with Crippen molar-refractivity contribution < 1.29 is 27.6 Å². The van der Waals surface area contributed by atoms with Crippen molar-refractivity contribution >= 4 is 23.2 Å². The molecule has 1 atom stereocenters. The number of rotatable bonds is 5. The first-order valence-electron chi connectivity index (χ1n) is 8.36. The van der Waals surface area contributed by atoms with Gasteiger partial charge in [0, 0.05) is 6.42 Å². The van der Waals surface area contributed by atoms with Crippen molar-refractivity contribution in [3.63, 3.8) is 0 Å². The smallest absolute Gasteiger partial charge is 0.387 e. The third kappa shape index (κ3) is 4.87. The van der Waals surface area contributed by atoms with Gasteiger partial charge in [-0.05, 0) is 17.7 Å². The molecule has 0 saturated heterocycles. The predicted octanol–water partition coefficient (Wildman–Crippen LogP) is 3.43. The molecule has 0 spiro atoms. The highest BCUT2D eigenvalue weighted by molar-refractivity contribution is 6.43. The molecule has 2 aromatic carbocycles. The van der Waals surface area contributed by atoms with E-state index in [0.717, 1.165) is 5.56 Å². The molecule has 0 radical (unpaired) electrons. The van der Waals surface area contributed by atoms with Gasteiger partial charge >= 0.3 is 6.18 Å². The van der Waals surface area contributed by atoms with Crippen LogP contribution in [-0.2, 0) is 9.63 Å². The maximum Gasteiger partial charge on any atom is 0.405 e. The standard InChI is InChI=1S/C19H16F3N3O3/c20-19(21,22)11-23-17(26)13-8-4-5-9-14(13)24-18(27)15-10-16(28-25-15)12-6-2-1-3-7-12/h1-9,16H,10-11H2,(H,23,26)(H,24,27). The van der Waals surface area contributed by atoms with Gasteiger partial charge in [0.15, 0.2) is 6.10 Å². The molecule has 1 heterocycles. The number of anilines is 1. The zero-order valence-corrected chi connectivity index (χ0v) is 14.5. The Labute approximate surface area is 158 Å². The zero-order valence-electron chi connectivity index (χ0n) is 14.5. The lowest BCUT2D eigenvalue weighted by Gasteiger charge is -2.12. The van der Waals surface area contributed by atoms with Crippen LogP contribution in [0.4, 0.5) is 18.9 Å². The van der Waals surface area contributed by atoms with Crippen LogP contribution >= 0.6 is 0 Å². The second kappa shape index (κ2) is 8.12. The number of nitrogens with one attached hydrogen (secondary N) is 2. The summed E-state index contributed by atoms with van der Waals surface area (Å²) in [6, 6.07) is 15.0. The average molecular weight is 391 g/mol. The molecule has 2 amide bonds. The first-order chi connectivity index (χ1) is 13.3. The molecule has 2 aromatic rings. The molecule has 6 nitrogen and oxygen atoms in total. The number of alkyl halides is 3. The van der Waals surface area contributed by atoms with E-state index in [1.165, 1.54) is 18.2 Å². The Kier molecular flexibility index (Phi) is 5.62. The van der Waals surface area contributed by atoms with E-state index in [2.05, 4.69) is 10.5 Å². The monoisotopic (exact) mass is 391 g/mol. The Morgan fingerprint density at radius 1 is 1.04 bits per heavy atom. The van der Waals surface area contributed by atoms with Crippen LogP contribution in [0.1, 0.15) is 28.4 Å². The summed E-state index contributed by atoms with van der Waals surface area (Å²) in [6.07, 6.45) is -4.69. The first-order valence-corrected chi connectivity index (χ1v) is 8.36. The lowest BCUT2D eigenvalue weighted by atomic mass is 10.0. The van der Waals surface area contributed by atoms with Gasteiger partial charge in [0.2, 0.25) is 0 Å². The molecule has 3 rings (SSSR count). The third-order valence-electron chi connectivity index (χ3n) is 3.97. The van der Waals surface area contributed by atoms with E-state index in [9.17, 15) is 22.8 Å². The number of halogens is 3. The molecule has 28 heavy (non-hydrogen) atoms. The van der Waals surface area contributed by atoms with E-state index in [1.807, 2.05) is 30.3 Å². The highest BCUT2D eigenvalue weighted by Crippen LogP contribution is 2.27. The van der Waals surface area contributed by atoms with Gasteiger partial charge in [0.05, 0.1) is 11.3 Å². The summed E-state index contributed by atoms with van der Waals surface area (Å²) in [5.74, 6) is -1.53. The molecule has 1 aliphatic heterocycles. The molecular formula is C19H16F3N3O3. The fourth-order valence-corrected chi connectivity index (χ4v) is 2.62. The Hall–Kier alpha value is -3.36. The molecule has 1 unspecified atom stereocenters. The molecule has 2 N–H and O–H groups in total. The maximum absolute atomic E-state index is 12.4. The van der Waals surface area contributed by atoms with Crippen LogP contribution < -0.4 is 10.6 Å². The Morgan fingerprint density at radius 3 is 2.43 bits per heavy atom. The van der Waals surface area contributed by atoms with Gasteiger partial charge in [-0.2, -0.15) is 13.2 Å². The van der Waals surface area contributed by atoms with Gasteiger partial charge in [-0.1, -0.05) is 47.6 Å². The van der Waals surface area contributed by atoms with E-state index in [0.29, 0.717) is 0 Å². The molecule has 1 aliphatic rings. The molecule has 0 saturated carbocycles. The first kappa shape index (κ1) is 19.4. The van der Waals surface area contributed by atoms with E-state index in [-0.39, 0.29) is 23.4 Å². The fraction of sp³-hybridized carbons (Fsp3) is 0.211. The molecule has 0 aliphatic carbocycles. The highest BCUT2D eigenvalue weighted by atomic mass is 19.4. The maximum atomic E-state index is 12.4. The van der Waals surface area contributed by atoms with Crippen LogP contribution in [0, 0.1) is 0 Å². The largest absolute Gasteiger partial charge is 0.405 e. The third-order valence-corrected chi connectivity index (χ3v) is 3.97. The number of amides is 2. The number of nitrogens with zero attached hydrogens (tertiary/aromatic N) is 1. The van der Waals surface area contributed by atoms with Gasteiger partial charge in [0.25, 0.3) is 11.8 Å². The van der Waals surface area contributed by atoms with Crippen molar-refractivity contribution in [1.29, 1.82) is 0 Å². The molecule has 9 heteroatoms. The number of benzene rings is 2. The molecule has 0 bridgehead atoms. The molecular weight excluding hydrogens is 375 g/mol. The summed E-state index contributed by atoms with van der Waals surface area (Å²) in [5.41, 5.74) is 0.984. The van der Waals surface area contributed by atoms with Gasteiger partial charge in [-0.15, -0.1) is 0 Å². The van der Waals surface area contributed by atoms with Crippen LogP contribution in [0.5, 0.6) is 0 Å². The Bertz CT molecular complexity index is 898. The second-order valence-corrected chi connectivity index (χ2v) is 6.04. The van der Waals surface area contributed by atoms with Crippen molar-refractivity contribution in [1.82, 2.24) is 5.32 Å². The minimum atomic E-state index is -4.53. The van der Waals surface area contributed by atoms with Crippen molar-refractivity contribution in [3.05, 3.63) is 65.7 Å². The summed E-state index contributed by atoms with van der Waals surface area (Å²) in [5, 5.41) is 8.08. The second-order valence-electron chi connectivity index (χ2n) is 6.04. The SMILES string of the molecule is O=C(Nc1ccccc1C(=O)NCC(F)(F)F)C1=NOC(c2ccccc2)C1. The van der Waals surface area contributed by atoms with E-state index in [1.54, 1.807) is 11.4 Å². The van der Waals surface area contributed by atoms with Crippen molar-refractivity contribution in [2.24, 2.45) is 5.16 Å². The number of hydrogen-bond donors (Lipinski definition) is 2. The number of carbonyl (C=O) groups is 2. The van der Waals surface area contributed by atoms with Gasteiger partial charge in [-0.25, -0.2) is 0 Å². The molecule has 146 valence electrons. The highest BCUT2D eigenvalue weighted by Gasteiger charge is 2.30. The van der Waals surface area contributed by atoms with Crippen LogP contribution in [0.2, 0.25) is 0 Å². The van der Waals surface area contributed by atoms with Crippen LogP contribution in [-0.4, -0.2) is 30.2 Å². The van der Waals surface area contributed by atoms with Crippen molar-refractivity contribution in [2.45, 2.75) is 18.7 Å². The van der Waals surface area contributed by atoms with Crippen LogP contribution in [0.3, 0.4) is 0 Å². The minimum absolute atomic E-state index is 0.0815. The van der Waals surface area contributed by atoms with Gasteiger partial charge in [-0.3, -0.25) is 9.59 Å². The lowest BCUT2D eigenvalue weighted by Crippen LogP contribution is -2.34. The minimum Gasteiger partial charge on any atom is -0.387 e. The predicted molar refractivity (Wildman–Crippen MR) is 95.8 cm³/mol. The topological polar surface area (TPSA) is 79.8 Å². The summed E-state index contributed by atoms with van der Waals surface area (Å²) in [4.78, 5) is 29.8. The molecule has 0 fully saturated rings. The van der Waals surface area contributed by atoms with Crippen LogP contribution in [0.15, 0.2) is 59.8 Å². The Balaban J connectivity index is 1.66. The van der Waals surface area contributed by atoms with Crippen molar-refractivity contribution in [3.8, 4) is 0 Å². The van der Waals surface area contributed by atoms with Gasteiger partial charge in [0.1, 0.15) is 12.3 Å². The summed E-state index contributed by atoms with van der Waals surface area (Å²) in [6.45, 7) is -1.46. The average Bonchev–Trinajstić information content (AvgIpc) is 3.17. The van der Waals surface area contributed by atoms with Gasteiger partial charge < -0.3 is 15.5 Å². The number of oxime groups is 1. The summed E-state index contributed by atoms with van der Waals surface area (Å²) < 4.78 is 36.9. The molecule has 0 aromatic heterocycles.